The number of rotatable bonds is 14. The van der Waals surface area contributed by atoms with Crippen molar-refractivity contribution < 1.29 is 9.59 Å². The molecule has 0 saturated heterocycles. The number of Topliss-reactive ketones (excluding diaryl/α,β-unsaturated/α-hetero) is 2. The standard InChI is InChI=1S/C61H46N4O2S3/c1-3-5-7-9-15-37-21-25-41(26-22-37)61(42-27-23-38(24-28-42)16-10-8-6-4-2)51-31-43(29-49-53(39(33-62)34-63)45-17-11-13-19-47(45)56(49)66)68-58(51)60-55(61)59-52(70-60)32-44(69-59)30-50-54(40(35-64)36-65)46-18-12-14-20-48(46)57(50)67/h11-14,17-32H,3-10,15-16H2,1-2H3/b49-29-,50-30-. The van der Waals surface area contributed by atoms with Crippen molar-refractivity contribution in [3.05, 3.63) is 197 Å². The predicted octanol–water partition coefficient (Wildman–Crippen LogP) is 15.8. The summed E-state index contributed by atoms with van der Waals surface area (Å²) < 4.78 is 2.15. The van der Waals surface area contributed by atoms with Crippen LogP contribution in [0.25, 0.3) is 42.5 Å². The lowest BCUT2D eigenvalue weighted by molar-refractivity contribution is 0.103. The molecule has 0 unspecified atom stereocenters. The molecule has 3 heterocycles. The normalized spacial score (nSPS) is 15.1. The molecule has 6 nitrogen and oxygen atoms in total. The highest BCUT2D eigenvalue weighted by Crippen LogP contribution is 2.64. The van der Waals surface area contributed by atoms with Crippen molar-refractivity contribution in [3.63, 3.8) is 0 Å². The molecule has 3 aromatic heterocycles. The molecule has 0 saturated carbocycles. The Labute approximate surface area is 420 Å². The lowest BCUT2D eigenvalue weighted by Crippen LogP contribution is -2.28. The van der Waals surface area contributed by atoms with Gasteiger partial charge in [-0.2, -0.15) is 21.0 Å². The summed E-state index contributed by atoms with van der Waals surface area (Å²) in [5.74, 6) is -0.424. The molecule has 0 atom stereocenters. The van der Waals surface area contributed by atoms with Crippen LogP contribution in [0.1, 0.15) is 140 Å². The first-order chi connectivity index (χ1) is 34.3. The van der Waals surface area contributed by atoms with Gasteiger partial charge in [-0.25, -0.2) is 0 Å². The number of carbonyl (C=O) groups is 2. The van der Waals surface area contributed by atoms with Crippen LogP contribution in [0.3, 0.4) is 0 Å². The van der Waals surface area contributed by atoms with Gasteiger partial charge in [0.05, 0.1) is 19.9 Å². The van der Waals surface area contributed by atoms with Crippen LogP contribution >= 0.6 is 34.0 Å². The molecule has 3 aliphatic rings. The number of nitrogens with zero attached hydrogens (tertiary/aromatic N) is 4. The van der Waals surface area contributed by atoms with Crippen molar-refractivity contribution in [3.8, 4) is 34.0 Å². The molecular weight excluding hydrogens is 917 g/mol. The first-order valence-corrected chi connectivity index (χ1v) is 26.5. The van der Waals surface area contributed by atoms with Crippen LogP contribution in [0.5, 0.6) is 0 Å². The van der Waals surface area contributed by atoms with Gasteiger partial charge >= 0.3 is 0 Å². The second-order valence-corrected chi connectivity index (χ2v) is 21.3. The molecule has 0 bridgehead atoms. The zero-order chi connectivity index (χ0) is 48.5. The number of carbonyl (C=O) groups excluding carboxylic acids is 2. The summed E-state index contributed by atoms with van der Waals surface area (Å²) in [6, 6.07) is 45.2. The fourth-order valence-electron chi connectivity index (χ4n) is 10.6. The molecule has 0 radical (unpaired) electrons. The highest BCUT2D eigenvalue weighted by atomic mass is 32.1. The second kappa shape index (κ2) is 19.5. The van der Waals surface area contributed by atoms with Crippen LogP contribution in [0, 0.1) is 45.3 Å². The molecular formula is C61H46N4O2S3. The van der Waals surface area contributed by atoms with Crippen LogP contribution in [-0.4, -0.2) is 11.6 Å². The van der Waals surface area contributed by atoms with Gasteiger partial charge < -0.3 is 0 Å². The third-order valence-electron chi connectivity index (χ3n) is 14.0. The molecule has 0 spiro atoms. The van der Waals surface area contributed by atoms with Gasteiger partial charge in [0.1, 0.15) is 35.4 Å². The van der Waals surface area contributed by atoms with Crippen molar-refractivity contribution in [1.82, 2.24) is 0 Å². The number of thiophene rings is 3. The molecule has 9 heteroatoms. The summed E-state index contributed by atoms with van der Waals surface area (Å²) in [6.45, 7) is 4.46. The molecule has 4 aromatic carbocycles. The van der Waals surface area contributed by atoms with E-state index in [2.05, 4.69) is 86.6 Å². The molecule has 0 fully saturated rings. The van der Waals surface area contributed by atoms with Gasteiger partial charge in [0.2, 0.25) is 0 Å². The maximum atomic E-state index is 14.2. The number of benzene rings is 4. The number of nitriles is 4. The summed E-state index contributed by atoms with van der Waals surface area (Å²) in [4.78, 5) is 32.2. The predicted molar refractivity (Wildman–Crippen MR) is 284 cm³/mol. The molecule has 0 N–H and O–H groups in total. The minimum atomic E-state index is -0.794. The van der Waals surface area contributed by atoms with Crippen molar-refractivity contribution >= 4 is 78.3 Å². The minimum Gasteiger partial charge on any atom is -0.289 e. The van der Waals surface area contributed by atoms with E-state index in [1.54, 1.807) is 70.4 Å². The van der Waals surface area contributed by atoms with Crippen molar-refractivity contribution in [2.75, 3.05) is 0 Å². The lowest BCUT2D eigenvalue weighted by atomic mass is 9.68. The third-order valence-corrected chi connectivity index (χ3v) is 17.6. The van der Waals surface area contributed by atoms with E-state index in [9.17, 15) is 30.6 Å². The monoisotopic (exact) mass is 962 g/mol. The van der Waals surface area contributed by atoms with Gasteiger partial charge in [0.25, 0.3) is 0 Å². The molecule has 70 heavy (non-hydrogen) atoms. The smallest absolute Gasteiger partial charge is 0.194 e. The van der Waals surface area contributed by atoms with E-state index >= 15 is 0 Å². The zero-order valence-electron chi connectivity index (χ0n) is 38.9. The zero-order valence-corrected chi connectivity index (χ0v) is 41.4. The van der Waals surface area contributed by atoms with E-state index in [-0.39, 0.29) is 22.7 Å². The quantitative estimate of drug-likeness (QED) is 0.0606. The summed E-state index contributed by atoms with van der Waals surface area (Å²) in [6.07, 6.45) is 15.1. The summed E-state index contributed by atoms with van der Waals surface area (Å²) in [5.41, 5.74) is 9.64. The second-order valence-electron chi connectivity index (χ2n) is 18.1. The largest absolute Gasteiger partial charge is 0.289 e. The van der Waals surface area contributed by atoms with Crippen molar-refractivity contribution in [1.29, 1.82) is 21.0 Å². The highest BCUT2D eigenvalue weighted by Gasteiger charge is 2.50. The van der Waals surface area contributed by atoms with Gasteiger partial charge in [-0.15, -0.1) is 34.0 Å². The summed E-state index contributed by atoms with van der Waals surface area (Å²) in [5, 5.41) is 40.4. The number of hydrogen-bond acceptors (Lipinski definition) is 9. The molecule has 0 amide bonds. The van der Waals surface area contributed by atoms with E-state index in [1.165, 1.54) is 55.2 Å². The minimum absolute atomic E-state index is 0.0945. The molecule has 10 rings (SSSR count). The Balaban J connectivity index is 1.20. The SMILES string of the molecule is CCCCCCc1ccc(C2(c3ccc(CCCCCC)cc3)c3cc(/C=C4\C(=O)c5ccccc5C4=C(C#N)C#N)sc3-c3sc4cc(/C=C5\C(=O)c6ccccc6C5=C(C#N)C#N)sc4c32)cc1. The fraction of sp³-hybridized carbons (Fsp3) is 0.213. The van der Waals surface area contributed by atoms with Crippen molar-refractivity contribution in [2.45, 2.75) is 83.5 Å². The van der Waals surface area contributed by atoms with Crippen LogP contribution < -0.4 is 0 Å². The van der Waals surface area contributed by atoms with E-state index in [1.807, 2.05) is 36.4 Å². The van der Waals surface area contributed by atoms with Crippen LogP contribution in [-0.2, 0) is 18.3 Å². The molecule has 0 aliphatic heterocycles. The Kier molecular flexibility index (Phi) is 12.9. The maximum Gasteiger partial charge on any atom is 0.194 e. The number of aryl methyl sites for hydroxylation is 2. The summed E-state index contributed by atoms with van der Waals surface area (Å²) in [7, 11) is 0. The van der Waals surface area contributed by atoms with Crippen LogP contribution in [0.15, 0.2) is 131 Å². The van der Waals surface area contributed by atoms with E-state index in [4.69, 9.17) is 0 Å². The van der Waals surface area contributed by atoms with E-state index in [0.717, 1.165) is 71.3 Å². The Bertz CT molecular complexity index is 3510. The van der Waals surface area contributed by atoms with E-state index < -0.39 is 5.41 Å². The van der Waals surface area contributed by atoms with Gasteiger partial charge in [0, 0.05) is 53.4 Å². The number of fused-ring (bicyclic) bond motifs is 7. The van der Waals surface area contributed by atoms with Gasteiger partial charge in [-0.1, -0.05) is 149 Å². The molecule has 7 aromatic rings. The van der Waals surface area contributed by atoms with E-state index in [0.29, 0.717) is 44.5 Å². The van der Waals surface area contributed by atoms with Gasteiger partial charge in [-0.05, 0) is 88.9 Å². The fourth-order valence-corrected chi connectivity index (χ4v) is 14.7. The first kappa shape index (κ1) is 46.2. The number of hydrogen-bond donors (Lipinski definition) is 0. The van der Waals surface area contributed by atoms with Gasteiger partial charge in [0.15, 0.2) is 11.6 Å². The Morgan fingerprint density at radius 3 is 1.44 bits per heavy atom. The first-order valence-electron chi connectivity index (χ1n) is 24.0. The van der Waals surface area contributed by atoms with Crippen LogP contribution in [0.2, 0.25) is 0 Å². The molecule has 340 valence electrons. The number of allylic oxidation sites excluding steroid dienone is 6. The number of unbranched alkanes of at least 4 members (excludes halogenated alkanes) is 6. The summed E-state index contributed by atoms with van der Waals surface area (Å²) >= 11 is 4.94. The topological polar surface area (TPSA) is 129 Å². The number of ketones is 2. The average molecular weight is 963 g/mol. The molecule has 3 aliphatic carbocycles. The van der Waals surface area contributed by atoms with Gasteiger partial charge in [-0.3, -0.25) is 9.59 Å². The highest BCUT2D eigenvalue weighted by molar-refractivity contribution is 7.32. The Morgan fingerprint density at radius 1 is 0.529 bits per heavy atom. The third kappa shape index (κ3) is 7.73. The lowest BCUT2D eigenvalue weighted by Gasteiger charge is -2.33. The van der Waals surface area contributed by atoms with Crippen molar-refractivity contribution in [2.24, 2.45) is 0 Å². The van der Waals surface area contributed by atoms with Crippen LogP contribution in [0.4, 0.5) is 0 Å². The maximum absolute atomic E-state index is 14.2. The Hall–Kier alpha value is -7.50. The Morgan fingerprint density at radius 2 is 0.986 bits per heavy atom. The average Bonchev–Trinajstić information content (AvgIpc) is 4.22.